The first kappa shape index (κ1) is 33.1. The van der Waals surface area contributed by atoms with Crippen molar-refractivity contribution in [1.29, 1.82) is 0 Å². The van der Waals surface area contributed by atoms with Crippen LogP contribution in [0.3, 0.4) is 0 Å². The Morgan fingerprint density at radius 2 is 0.973 bits per heavy atom. The summed E-state index contributed by atoms with van der Waals surface area (Å²) in [5.41, 5.74) is 0. The van der Waals surface area contributed by atoms with Crippen molar-refractivity contribution in [3.8, 4) is 0 Å². The number of aliphatic hydroxyl groups excluding tert-OH is 1. The molecule has 37 heavy (non-hydrogen) atoms. The fraction of sp³-hybridized carbons (Fsp3) is 1.00. The second-order valence-corrected chi connectivity index (χ2v) is 13.1. The average molecular weight is 521 g/mol. The van der Waals surface area contributed by atoms with Gasteiger partial charge >= 0.3 is 0 Å². The molecular weight excluding hydrogens is 452 g/mol. The average Bonchev–Trinajstić information content (AvgIpc) is 2.88. The van der Waals surface area contributed by atoms with E-state index in [-0.39, 0.29) is 6.10 Å². The van der Waals surface area contributed by atoms with E-state index in [0.717, 1.165) is 37.7 Å². The Kier molecular flexibility index (Phi) is 21.3. The van der Waals surface area contributed by atoms with Crippen LogP contribution < -0.4 is 0 Å². The van der Waals surface area contributed by atoms with E-state index in [1.807, 2.05) is 0 Å². The Morgan fingerprint density at radius 3 is 1.49 bits per heavy atom. The molecular formula is C35H68O2. The van der Waals surface area contributed by atoms with Gasteiger partial charge < -0.3 is 9.84 Å². The minimum atomic E-state index is -0.105. The van der Waals surface area contributed by atoms with Crippen molar-refractivity contribution in [2.24, 2.45) is 11.8 Å². The molecule has 0 aliphatic heterocycles. The highest BCUT2D eigenvalue weighted by Gasteiger charge is 2.25. The normalized spacial score (nSPS) is 26.1. The summed E-state index contributed by atoms with van der Waals surface area (Å²) in [5.74, 6) is 1.48. The van der Waals surface area contributed by atoms with Crippen molar-refractivity contribution in [3.63, 3.8) is 0 Å². The van der Waals surface area contributed by atoms with Gasteiger partial charge in [0, 0.05) is 6.61 Å². The first-order chi connectivity index (χ1) is 18.3. The van der Waals surface area contributed by atoms with Crippen molar-refractivity contribution < 1.29 is 9.84 Å². The first-order valence-electron chi connectivity index (χ1n) is 17.6. The molecule has 0 aromatic heterocycles. The SMILES string of the molecule is CCCCCCCCCCCCCCCCCCOC1CCC(O)CC2CCCCCC1CCCCC2. The van der Waals surface area contributed by atoms with Gasteiger partial charge in [0.15, 0.2) is 0 Å². The predicted octanol–water partition coefficient (Wildman–Crippen LogP) is 11.3. The van der Waals surface area contributed by atoms with Crippen LogP contribution in [0, 0.1) is 11.8 Å². The van der Waals surface area contributed by atoms with Gasteiger partial charge in [-0.15, -0.1) is 0 Å². The van der Waals surface area contributed by atoms with Gasteiger partial charge in [0.1, 0.15) is 0 Å². The maximum absolute atomic E-state index is 10.7. The standard InChI is InChI=1S/C35H68O2/c1-2-3-4-5-6-7-8-9-10-11-12-13-14-15-16-23-30-37-35-29-28-34(36)31-32-24-19-17-21-26-33(35)27-22-18-20-25-32/h32-36H,2-31H2,1H3. The van der Waals surface area contributed by atoms with E-state index < -0.39 is 0 Å². The molecule has 0 amide bonds. The molecule has 0 aromatic carbocycles. The Morgan fingerprint density at radius 1 is 0.514 bits per heavy atom. The minimum absolute atomic E-state index is 0.105. The molecule has 0 heterocycles. The van der Waals surface area contributed by atoms with Crippen LogP contribution >= 0.6 is 0 Å². The van der Waals surface area contributed by atoms with Crippen molar-refractivity contribution in [2.45, 2.75) is 205 Å². The predicted molar refractivity (Wildman–Crippen MR) is 162 cm³/mol. The molecule has 2 atom stereocenters. The molecule has 3 fully saturated rings. The maximum atomic E-state index is 10.7. The van der Waals surface area contributed by atoms with Crippen LogP contribution in [0.15, 0.2) is 0 Å². The summed E-state index contributed by atoms with van der Waals surface area (Å²) in [6.07, 6.45) is 39.8. The lowest BCUT2D eigenvalue weighted by Gasteiger charge is -2.31. The smallest absolute Gasteiger partial charge is 0.0604 e. The summed E-state index contributed by atoms with van der Waals surface area (Å²) in [6, 6.07) is 0. The third-order valence-electron chi connectivity index (χ3n) is 9.62. The summed E-state index contributed by atoms with van der Waals surface area (Å²) in [6.45, 7) is 3.24. The number of hydrogen-bond donors (Lipinski definition) is 1. The van der Waals surface area contributed by atoms with E-state index in [4.69, 9.17) is 4.74 Å². The molecule has 0 radical (unpaired) electrons. The summed E-state index contributed by atoms with van der Waals surface area (Å²) in [7, 11) is 0. The van der Waals surface area contributed by atoms with E-state index in [0.29, 0.717) is 6.10 Å². The van der Waals surface area contributed by atoms with E-state index in [1.54, 1.807) is 0 Å². The monoisotopic (exact) mass is 521 g/mol. The number of unbranched alkanes of at least 4 members (excludes halogenated alkanes) is 15. The van der Waals surface area contributed by atoms with Gasteiger partial charge in [-0.05, 0) is 50.4 Å². The highest BCUT2D eigenvalue weighted by atomic mass is 16.5. The largest absolute Gasteiger partial charge is 0.393 e. The summed E-state index contributed by atoms with van der Waals surface area (Å²) in [4.78, 5) is 0. The third-order valence-corrected chi connectivity index (χ3v) is 9.62. The zero-order chi connectivity index (χ0) is 26.2. The molecule has 3 saturated carbocycles. The highest BCUT2D eigenvalue weighted by Crippen LogP contribution is 2.32. The van der Waals surface area contributed by atoms with Gasteiger partial charge in [0.25, 0.3) is 0 Å². The van der Waals surface area contributed by atoms with Crippen molar-refractivity contribution in [2.75, 3.05) is 6.61 Å². The summed E-state index contributed by atoms with van der Waals surface area (Å²) in [5, 5.41) is 10.7. The van der Waals surface area contributed by atoms with Crippen LogP contribution in [-0.2, 0) is 4.74 Å². The van der Waals surface area contributed by atoms with Crippen LogP contribution in [0.1, 0.15) is 193 Å². The van der Waals surface area contributed by atoms with Crippen LogP contribution in [0.2, 0.25) is 0 Å². The molecule has 1 N–H and O–H groups in total. The van der Waals surface area contributed by atoms with Gasteiger partial charge in [-0.3, -0.25) is 0 Å². The number of hydrogen-bond acceptors (Lipinski definition) is 2. The highest BCUT2D eigenvalue weighted by molar-refractivity contribution is 4.77. The summed E-state index contributed by atoms with van der Waals surface area (Å²) < 4.78 is 6.60. The van der Waals surface area contributed by atoms with E-state index >= 15 is 0 Å². The van der Waals surface area contributed by atoms with Crippen molar-refractivity contribution in [3.05, 3.63) is 0 Å². The maximum Gasteiger partial charge on any atom is 0.0604 e. The fourth-order valence-electron chi connectivity index (χ4n) is 7.13. The number of fused-ring (bicyclic) bond motifs is 12. The molecule has 3 aliphatic carbocycles. The Bertz CT molecular complexity index is 464. The quantitative estimate of drug-likeness (QED) is 0.182. The van der Waals surface area contributed by atoms with Gasteiger partial charge in [-0.2, -0.15) is 0 Å². The molecule has 0 aromatic rings. The van der Waals surface area contributed by atoms with E-state index in [2.05, 4.69) is 6.92 Å². The molecule has 0 saturated heterocycles. The molecule has 2 heteroatoms. The van der Waals surface area contributed by atoms with Crippen molar-refractivity contribution >= 4 is 0 Å². The van der Waals surface area contributed by atoms with Gasteiger partial charge in [-0.25, -0.2) is 0 Å². The number of aliphatic hydroxyl groups is 1. The molecule has 0 spiro atoms. The molecule has 2 nitrogen and oxygen atoms in total. The lowest BCUT2D eigenvalue weighted by Crippen LogP contribution is -2.28. The Labute approximate surface area is 233 Å². The van der Waals surface area contributed by atoms with E-state index in [9.17, 15) is 5.11 Å². The second-order valence-electron chi connectivity index (χ2n) is 13.1. The summed E-state index contributed by atoms with van der Waals surface area (Å²) >= 11 is 0. The van der Waals surface area contributed by atoms with Crippen LogP contribution in [0.5, 0.6) is 0 Å². The van der Waals surface area contributed by atoms with Gasteiger partial charge in [-0.1, -0.05) is 155 Å². The lowest BCUT2D eigenvalue weighted by atomic mass is 9.82. The Balaban J connectivity index is 1.51. The molecule has 3 rings (SSSR count). The van der Waals surface area contributed by atoms with Crippen molar-refractivity contribution in [1.82, 2.24) is 0 Å². The van der Waals surface area contributed by atoms with Gasteiger partial charge in [0.05, 0.1) is 12.2 Å². The number of ether oxygens (including phenoxy) is 1. The first-order valence-corrected chi connectivity index (χ1v) is 17.6. The van der Waals surface area contributed by atoms with Gasteiger partial charge in [0.2, 0.25) is 0 Å². The molecule has 2 bridgehead atoms. The topological polar surface area (TPSA) is 29.5 Å². The second kappa shape index (κ2) is 23.8. The molecule has 220 valence electrons. The van der Waals surface area contributed by atoms with Crippen LogP contribution in [0.4, 0.5) is 0 Å². The fourth-order valence-corrected chi connectivity index (χ4v) is 7.13. The lowest BCUT2D eigenvalue weighted by molar-refractivity contribution is -0.0139. The van der Waals surface area contributed by atoms with Crippen LogP contribution in [-0.4, -0.2) is 23.9 Å². The third kappa shape index (κ3) is 18.0. The minimum Gasteiger partial charge on any atom is -0.393 e. The van der Waals surface area contributed by atoms with Crippen LogP contribution in [0.25, 0.3) is 0 Å². The molecule has 3 aliphatic rings. The number of rotatable bonds is 18. The Hall–Kier alpha value is -0.0800. The zero-order valence-electron chi connectivity index (χ0n) is 25.4. The zero-order valence-corrected chi connectivity index (χ0v) is 25.4. The van der Waals surface area contributed by atoms with E-state index in [1.165, 1.54) is 167 Å². The molecule has 2 unspecified atom stereocenters.